The predicted molar refractivity (Wildman–Crippen MR) is 80.2 cm³/mol. The molecule has 2 aromatic rings. The fourth-order valence-electron chi connectivity index (χ4n) is 2.42. The van der Waals surface area contributed by atoms with Gasteiger partial charge < -0.3 is 14.4 Å². The summed E-state index contributed by atoms with van der Waals surface area (Å²) in [5.41, 5.74) is 0.469. The molecule has 0 saturated heterocycles. The first-order valence-electron chi connectivity index (χ1n) is 7.21. The van der Waals surface area contributed by atoms with Gasteiger partial charge in [-0.3, -0.25) is 4.79 Å². The molecule has 2 heterocycles. The molecular weight excluding hydrogens is 288 g/mol. The number of furan rings is 1. The number of thiazole rings is 1. The molecule has 112 valence electrons. The van der Waals surface area contributed by atoms with Gasteiger partial charge in [0.15, 0.2) is 10.8 Å². The van der Waals surface area contributed by atoms with Crippen LogP contribution in [-0.2, 0) is 0 Å². The Hall–Kier alpha value is -1.66. The lowest BCUT2D eigenvalue weighted by atomic mass is 9.91. The fraction of sp³-hybridized carbons (Fsp3) is 0.467. The van der Waals surface area contributed by atoms with Gasteiger partial charge >= 0.3 is 0 Å². The van der Waals surface area contributed by atoms with Crippen molar-refractivity contribution in [1.29, 1.82) is 0 Å². The second kappa shape index (κ2) is 6.41. The zero-order chi connectivity index (χ0) is 14.7. The number of aromatic nitrogens is 1. The van der Waals surface area contributed by atoms with E-state index in [1.165, 1.54) is 17.8 Å². The molecule has 0 spiro atoms. The Balaban J connectivity index is 1.76. The minimum atomic E-state index is -0.0396. The van der Waals surface area contributed by atoms with Crippen LogP contribution in [0.2, 0.25) is 0 Å². The zero-order valence-corrected chi connectivity index (χ0v) is 12.5. The molecule has 21 heavy (non-hydrogen) atoms. The first-order valence-corrected chi connectivity index (χ1v) is 8.09. The van der Waals surface area contributed by atoms with Gasteiger partial charge in [0.1, 0.15) is 5.69 Å². The van der Waals surface area contributed by atoms with Gasteiger partial charge in [0, 0.05) is 24.6 Å². The van der Waals surface area contributed by atoms with Gasteiger partial charge in [-0.05, 0) is 37.8 Å². The van der Waals surface area contributed by atoms with Gasteiger partial charge in [0.2, 0.25) is 0 Å². The normalized spacial score (nSPS) is 14.9. The summed E-state index contributed by atoms with van der Waals surface area (Å²) < 4.78 is 5.31. The number of carbonyl (C=O) groups excluding carboxylic acids is 1. The lowest BCUT2D eigenvalue weighted by molar-refractivity contribution is 0.0557. The summed E-state index contributed by atoms with van der Waals surface area (Å²) in [6.07, 6.45) is 5.47. The third-order valence-electron chi connectivity index (χ3n) is 3.79. The van der Waals surface area contributed by atoms with Crippen molar-refractivity contribution in [3.63, 3.8) is 0 Å². The average Bonchev–Trinajstić information content (AvgIpc) is 3.09. The predicted octanol–water partition coefficient (Wildman–Crippen LogP) is 2.78. The number of aliphatic hydroxyl groups excluding tert-OH is 1. The van der Waals surface area contributed by atoms with Gasteiger partial charge in [0.25, 0.3) is 5.91 Å². The number of carbonyl (C=O) groups is 1. The van der Waals surface area contributed by atoms with Crippen LogP contribution in [0.3, 0.4) is 0 Å². The average molecular weight is 306 g/mol. The van der Waals surface area contributed by atoms with Crippen LogP contribution in [-0.4, -0.2) is 40.1 Å². The number of hydrogen-bond acceptors (Lipinski definition) is 5. The first-order chi connectivity index (χ1) is 10.3. The molecule has 0 radical (unpaired) electrons. The standard InChI is InChI=1S/C15H18N2O3S/c18-8-3-7-17(11-4-1-5-11)15(19)12-10-21-14(16-12)13-6-2-9-20-13/h2,6,9-11,18H,1,3-5,7-8H2. The van der Waals surface area contributed by atoms with Crippen molar-refractivity contribution in [3.8, 4) is 10.8 Å². The van der Waals surface area contributed by atoms with E-state index >= 15 is 0 Å². The molecule has 6 heteroatoms. The summed E-state index contributed by atoms with van der Waals surface area (Å²) in [6.45, 7) is 0.693. The maximum Gasteiger partial charge on any atom is 0.273 e. The summed E-state index contributed by atoms with van der Waals surface area (Å²) in [6, 6.07) is 3.95. The summed E-state index contributed by atoms with van der Waals surface area (Å²) >= 11 is 1.41. The van der Waals surface area contributed by atoms with Crippen molar-refractivity contribution in [2.45, 2.75) is 31.7 Å². The molecular formula is C15H18N2O3S. The van der Waals surface area contributed by atoms with Crippen LogP contribution in [0.15, 0.2) is 28.2 Å². The molecule has 0 unspecified atom stereocenters. The number of nitrogens with zero attached hydrogens (tertiary/aromatic N) is 2. The lowest BCUT2D eigenvalue weighted by Gasteiger charge is -2.37. The van der Waals surface area contributed by atoms with Crippen LogP contribution in [0.4, 0.5) is 0 Å². The maximum absolute atomic E-state index is 12.6. The molecule has 5 nitrogen and oxygen atoms in total. The van der Waals surface area contributed by atoms with Gasteiger partial charge in [-0.15, -0.1) is 11.3 Å². The molecule has 2 aromatic heterocycles. The highest BCUT2D eigenvalue weighted by molar-refractivity contribution is 7.13. The Morgan fingerprint density at radius 1 is 1.52 bits per heavy atom. The van der Waals surface area contributed by atoms with Crippen molar-refractivity contribution in [1.82, 2.24) is 9.88 Å². The summed E-state index contributed by atoms with van der Waals surface area (Å²) in [4.78, 5) is 18.9. The van der Waals surface area contributed by atoms with Crippen LogP contribution < -0.4 is 0 Å². The van der Waals surface area contributed by atoms with Crippen LogP contribution in [0.1, 0.15) is 36.2 Å². The van der Waals surface area contributed by atoms with Crippen LogP contribution >= 0.6 is 11.3 Å². The largest absolute Gasteiger partial charge is 0.462 e. The smallest absolute Gasteiger partial charge is 0.273 e. The third-order valence-corrected chi connectivity index (χ3v) is 4.65. The molecule has 1 saturated carbocycles. The molecule has 1 aliphatic carbocycles. The highest BCUT2D eigenvalue weighted by atomic mass is 32.1. The molecule has 0 bridgehead atoms. The summed E-state index contributed by atoms with van der Waals surface area (Å²) in [5.74, 6) is 0.645. The Morgan fingerprint density at radius 3 is 3.00 bits per heavy atom. The fourth-order valence-corrected chi connectivity index (χ4v) is 3.18. The Morgan fingerprint density at radius 2 is 2.38 bits per heavy atom. The molecule has 0 atom stereocenters. The second-order valence-corrected chi connectivity index (χ2v) is 6.03. The van der Waals surface area contributed by atoms with Gasteiger partial charge in [-0.2, -0.15) is 0 Å². The van der Waals surface area contributed by atoms with Crippen molar-refractivity contribution < 1.29 is 14.3 Å². The highest BCUT2D eigenvalue weighted by Gasteiger charge is 2.30. The van der Waals surface area contributed by atoms with E-state index in [0.717, 1.165) is 17.8 Å². The van der Waals surface area contributed by atoms with Crippen LogP contribution in [0, 0.1) is 0 Å². The molecule has 3 rings (SSSR count). The molecule has 0 aliphatic heterocycles. The Labute approximate surface area is 127 Å². The number of rotatable bonds is 6. The zero-order valence-electron chi connectivity index (χ0n) is 11.7. The Kier molecular flexibility index (Phi) is 4.36. The minimum absolute atomic E-state index is 0.0396. The molecule has 1 N–H and O–H groups in total. The monoisotopic (exact) mass is 306 g/mol. The third kappa shape index (κ3) is 3.01. The van der Waals surface area contributed by atoms with E-state index in [9.17, 15) is 4.79 Å². The molecule has 1 fully saturated rings. The molecule has 1 amide bonds. The van der Waals surface area contributed by atoms with E-state index in [0.29, 0.717) is 30.5 Å². The van der Waals surface area contributed by atoms with Crippen molar-refractivity contribution in [3.05, 3.63) is 29.5 Å². The van der Waals surface area contributed by atoms with Crippen molar-refractivity contribution in [2.24, 2.45) is 0 Å². The molecule has 1 aliphatic rings. The first kappa shape index (κ1) is 14.3. The Bertz CT molecular complexity index is 590. The van der Waals surface area contributed by atoms with E-state index in [-0.39, 0.29) is 12.5 Å². The summed E-state index contributed by atoms with van der Waals surface area (Å²) in [5, 5.41) is 11.5. The molecule has 0 aromatic carbocycles. The number of hydrogen-bond donors (Lipinski definition) is 1. The van der Waals surface area contributed by atoms with E-state index in [1.54, 1.807) is 17.7 Å². The number of aliphatic hydroxyl groups is 1. The topological polar surface area (TPSA) is 66.6 Å². The maximum atomic E-state index is 12.6. The van der Waals surface area contributed by atoms with Crippen molar-refractivity contribution in [2.75, 3.05) is 13.2 Å². The van der Waals surface area contributed by atoms with E-state index < -0.39 is 0 Å². The van der Waals surface area contributed by atoms with E-state index in [4.69, 9.17) is 9.52 Å². The van der Waals surface area contributed by atoms with Gasteiger partial charge in [-0.1, -0.05) is 0 Å². The SMILES string of the molecule is O=C(c1csc(-c2ccco2)n1)N(CCCO)C1CCC1. The highest BCUT2D eigenvalue weighted by Crippen LogP contribution is 2.28. The van der Waals surface area contributed by atoms with E-state index in [1.807, 2.05) is 11.0 Å². The van der Waals surface area contributed by atoms with Crippen LogP contribution in [0.5, 0.6) is 0 Å². The van der Waals surface area contributed by atoms with Crippen molar-refractivity contribution >= 4 is 17.2 Å². The lowest BCUT2D eigenvalue weighted by Crippen LogP contribution is -2.45. The minimum Gasteiger partial charge on any atom is -0.462 e. The summed E-state index contributed by atoms with van der Waals surface area (Å²) in [7, 11) is 0. The van der Waals surface area contributed by atoms with Crippen LogP contribution in [0.25, 0.3) is 10.8 Å². The van der Waals surface area contributed by atoms with E-state index in [2.05, 4.69) is 4.98 Å². The second-order valence-electron chi connectivity index (χ2n) is 5.18. The van der Waals surface area contributed by atoms with Gasteiger partial charge in [0.05, 0.1) is 6.26 Å². The quantitative estimate of drug-likeness (QED) is 0.891. The number of amides is 1. The van der Waals surface area contributed by atoms with Gasteiger partial charge in [-0.25, -0.2) is 4.98 Å².